The normalized spacial score (nSPS) is 14.1. The molecular weight excluding hydrogens is 312 g/mol. The molecule has 0 amide bonds. The minimum atomic E-state index is -0.331. The van der Waals surface area contributed by atoms with E-state index in [2.05, 4.69) is 15.5 Å². The number of rotatable bonds is 5. The van der Waals surface area contributed by atoms with Crippen LogP contribution in [0.15, 0.2) is 34.4 Å². The molecule has 0 atom stereocenters. The maximum Gasteiger partial charge on any atom is 0.365 e. The third kappa shape index (κ3) is 2.68. The van der Waals surface area contributed by atoms with Crippen LogP contribution in [0.3, 0.4) is 0 Å². The molecule has 3 aromatic rings. The zero-order chi connectivity index (χ0) is 15.8. The Morgan fingerprint density at radius 3 is 2.91 bits per heavy atom. The lowest BCUT2D eigenvalue weighted by atomic mass is 10.2. The van der Waals surface area contributed by atoms with Gasteiger partial charge in [0.2, 0.25) is 0 Å². The summed E-state index contributed by atoms with van der Waals surface area (Å²) in [4.78, 5) is 13.1. The molecule has 0 aliphatic heterocycles. The minimum Gasteiger partial charge on any atom is -0.489 e. The molecule has 0 bridgehead atoms. The molecule has 6 nitrogen and oxygen atoms in total. The van der Waals surface area contributed by atoms with Crippen LogP contribution in [0.5, 0.6) is 5.75 Å². The van der Waals surface area contributed by atoms with Gasteiger partial charge in [-0.3, -0.25) is 0 Å². The summed E-state index contributed by atoms with van der Waals surface area (Å²) in [5, 5.41) is 11.8. The quantitative estimate of drug-likeness (QED) is 0.781. The number of ether oxygens (including phenoxy) is 1. The summed E-state index contributed by atoms with van der Waals surface area (Å²) >= 11 is 1.67. The summed E-state index contributed by atoms with van der Waals surface area (Å²) in [6.07, 6.45) is 2.40. The van der Waals surface area contributed by atoms with E-state index in [0.717, 1.165) is 22.6 Å². The molecule has 23 heavy (non-hydrogen) atoms. The number of nitrogens with one attached hydrogen (secondary N) is 1. The lowest BCUT2D eigenvalue weighted by molar-refractivity contribution is 0.303. The van der Waals surface area contributed by atoms with Crippen molar-refractivity contribution >= 4 is 11.3 Å². The van der Waals surface area contributed by atoms with Gasteiger partial charge in [0.1, 0.15) is 12.4 Å². The van der Waals surface area contributed by atoms with Gasteiger partial charge >= 0.3 is 5.69 Å². The fourth-order valence-electron chi connectivity index (χ4n) is 2.62. The summed E-state index contributed by atoms with van der Waals surface area (Å²) in [7, 11) is 0. The van der Waals surface area contributed by atoms with E-state index in [1.807, 2.05) is 36.6 Å². The predicted octanol–water partition coefficient (Wildman–Crippen LogP) is 2.78. The Kier molecular flexibility index (Phi) is 3.49. The number of hydrogen-bond donors (Lipinski definition) is 1. The van der Waals surface area contributed by atoms with Gasteiger partial charge in [0, 0.05) is 15.8 Å². The van der Waals surface area contributed by atoms with Crippen molar-refractivity contribution < 1.29 is 4.74 Å². The van der Waals surface area contributed by atoms with Crippen LogP contribution >= 0.6 is 11.3 Å². The number of tetrazole rings is 1. The number of aromatic nitrogens is 4. The summed E-state index contributed by atoms with van der Waals surface area (Å²) in [6, 6.07) is 7.93. The van der Waals surface area contributed by atoms with Gasteiger partial charge in [-0.05, 0) is 47.7 Å². The SMILES string of the molecule is Cc1ccccc1OCc1c(-n2nn[nH]c2=O)csc1C1CC1. The number of thiophene rings is 1. The van der Waals surface area contributed by atoms with E-state index in [1.54, 1.807) is 11.3 Å². The van der Waals surface area contributed by atoms with Crippen LogP contribution in [0.4, 0.5) is 0 Å². The molecule has 1 aliphatic rings. The van der Waals surface area contributed by atoms with Crippen molar-refractivity contribution in [1.82, 2.24) is 20.2 Å². The molecule has 4 rings (SSSR count). The Morgan fingerprint density at radius 2 is 2.22 bits per heavy atom. The van der Waals surface area contributed by atoms with Crippen LogP contribution in [-0.2, 0) is 6.61 Å². The third-order valence-corrected chi connectivity index (χ3v) is 5.19. The molecule has 7 heteroatoms. The van der Waals surface area contributed by atoms with Crippen molar-refractivity contribution in [3.8, 4) is 11.4 Å². The van der Waals surface area contributed by atoms with Crippen molar-refractivity contribution in [2.75, 3.05) is 0 Å². The highest BCUT2D eigenvalue weighted by Crippen LogP contribution is 2.46. The highest BCUT2D eigenvalue weighted by atomic mass is 32.1. The van der Waals surface area contributed by atoms with Gasteiger partial charge in [-0.1, -0.05) is 18.2 Å². The molecule has 2 aromatic heterocycles. The molecule has 0 radical (unpaired) electrons. The van der Waals surface area contributed by atoms with Gasteiger partial charge in [0.05, 0.1) is 5.69 Å². The number of H-pyrrole nitrogens is 1. The first-order valence-corrected chi connectivity index (χ1v) is 8.41. The molecular formula is C16H16N4O2S. The molecule has 1 saturated carbocycles. The number of aryl methyl sites for hydroxylation is 1. The summed E-state index contributed by atoms with van der Waals surface area (Å²) in [6.45, 7) is 2.45. The molecule has 1 fully saturated rings. The molecule has 0 saturated heterocycles. The van der Waals surface area contributed by atoms with E-state index in [4.69, 9.17) is 4.74 Å². The van der Waals surface area contributed by atoms with Crippen molar-refractivity contribution in [3.63, 3.8) is 0 Å². The fraction of sp³-hybridized carbons (Fsp3) is 0.312. The standard InChI is InChI=1S/C16H16N4O2S/c1-10-4-2-3-5-14(10)22-8-12-13(20-16(21)17-18-19-20)9-23-15(12)11-6-7-11/h2-5,9,11H,6-8H2,1H3,(H,17,19,21). The zero-order valence-electron chi connectivity index (χ0n) is 12.7. The van der Waals surface area contributed by atoms with E-state index in [1.165, 1.54) is 22.4 Å². The Morgan fingerprint density at radius 1 is 1.39 bits per heavy atom. The zero-order valence-corrected chi connectivity index (χ0v) is 13.5. The van der Waals surface area contributed by atoms with Crippen LogP contribution in [0.1, 0.15) is 34.8 Å². The van der Waals surface area contributed by atoms with Crippen molar-refractivity contribution in [2.24, 2.45) is 0 Å². The monoisotopic (exact) mass is 328 g/mol. The number of benzene rings is 1. The molecule has 1 aromatic carbocycles. The summed E-state index contributed by atoms with van der Waals surface area (Å²) in [5.74, 6) is 1.45. The average Bonchev–Trinajstić information content (AvgIpc) is 3.18. The third-order valence-electron chi connectivity index (χ3n) is 4.02. The van der Waals surface area contributed by atoms with Crippen molar-refractivity contribution in [1.29, 1.82) is 0 Å². The van der Waals surface area contributed by atoms with Crippen LogP contribution in [0.2, 0.25) is 0 Å². The van der Waals surface area contributed by atoms with Crippen LogP contribution in [-0.4, -0.2) is 20.2 Å². The van der Waals surface area contributed by atoms with E-state index < -0.39 is 0 Å². The Labute approximate surface area is 136 Å². The Hall–Kier alpha value is -2.41. The summed E-state index contributed by atoms with van der Waals surface area (Å²) in [5.41, 5.74) is 2.57. The fourth-order valence-corrected chi connectivity index (χ4v) is 3.84. The number of nitrogens with zero attached hydrogens (tertiary/aromatic N) is 3. The van der Waals surface area contributed by atoms with Gasteiger partial charge in [-0.25, -0.2) is 9.89 Å². The van der Waals surface area contributed by atoms with E-state index in [9.17, 15) is 4.79 Å². The smallest absolute Gasteiger partial charge is 0.365 e. The highest BCUT2D eigenvalue weighted by Gasteiger charge is 2.30. The van der Waals surface area contributed by atoms with Crippen molar-refractivity contribution in [3.05, 3.63) is 56.1 Å². The second-order valence-corrected chi connectivity index (χ2v) is 6.62. The van der Waals surface area contributed by atoms with Gasteiger partial charge in [-0.15, -0.1) is 11.3 Å². The molecule has 0 unspecified atom stereocenters. The highest BCUT2D eigenvalue weighted by molar-refractivity contribution is 7.10. The number of aromatic amines is 1. The topological polar surface area (TPSA) is 72.8 Å². The second kappa shape index (κ2) is 5.66. The lowest BCUT2D eigenvalue weighted by Crippen LogP contribution is -2.17. The first kappa shape index (κ1) is 14.2. The maximum atomic E-state index is 11.8. The number of para-hydroxylation sites is 1. The first-order valence-electron chi connectivity index (χ1n) is 7.53. The van der Waals surface area contributed by atoms with Gasteiger partial charge < -0.3 is 4.74 Å². The van der Waals surface area contributed by atoms with Crippen LogP contribution in [0, 0.1) is 6.92 Å². The molecule has 118 valence electrons. The Bertz CT molecular complexity index is 891. The molecule has 2 heterocycles. The van der Waals surface area contributed by atoms with E-state index >= 15 is 0 Å². The second-order valence-electron chi connectivity index (χ2n) is 5.71. The number of hydrogen-bond acceptors (Lipinski definition) is 5. The molecule has 1 aliphatic carbocycles. The average molecular weight is 328 g/mol. The molecule has 1 N–H and O–H groups in total. The largest absolute Gasteiger partial charge is 0.489 e. The van der Waals surface area contributed by atoms with E-state index in [-0.39, 0.29) is 5.69 Å². The molecule has 0 spiro atoms. The summed E-state index contributed by atoms with van der Waals surface area (Å²) < 4.78 is 7.32. The van der Waals surface area contributed by atoms with Crippen LogP contribution in [0.25, 0.3) is 5.69 Å². The van der Waals surface area contributed by atoms with E-state index in [0.29, 0.717) is 12.5 Å². The maximum absolute atomic E-state index is 11.8. The van der Waals surface area contributed by atoms with Crippen LogP contribution < -0.4 is 10.4 Å². The predicted molar refractivity (Wildman–Crippen MR) is 87.3 cm³/mol. The van der Waals surface area contributed by atoms with Gasteiger partial charge in [0.25, 0.3) is 0 Å². The first-order chi connectivity index (χ1) is 11.2. The van der Waals surface area contributed by atoms with Crippen molar-refractivity contribution in [2.45, 2.75) is 32.3 Å². The Balaban J connectivity index is 1.69. The lowest BCUT2D eigenvalue weighted by Gasteiger charge is -2.11. The minimum absolute atomic E-state index is 0.331. The van der Waals surface area contributed by atoms with Gasteiger partial charge in [-0.2, -0.15) is 4.68 Å². The van der Waals surface area contributed by atoms with Gasteiger partial charge in [0.15, 0.2) is 0 Å².